The van der Waals surface area contributed by atoms with Gasteiger partial charge in [0.05, 0.1) is 71.2 Å². The highest BCUT2D eigenvalue weighted by Crippen LogP contribution is 2.27. The molecule has 1 aromatic carbocycles. The Bertz CT molecular complexity index is 1510. The van der Waals surface area contributed by atoms with Crippen LogP contribution >= 0.6 is 11.8 Å². The minimum atomic E-state index is -0.132. The normalized spacial score (nSPS) is 10.9. The van der Waals surface area contributed by atoms with E-state index in [1.807, 2.05) is 37.4 Å². The first kappa shape index (κ1) is 53.0. The third kappa shape index (κ3) is 26.5. The molecule has 2 heterocycles. The molecule has 0 saturated carbocycles. The van der Waals surface area contributed by atoms with E-state index in [4.69, 9.17) is 28.9 Å². The molecular weight excluding hydrogens is 749 g/mol. The molecule has 14 nitrogen and oxygen atoms in total. The molecule has 3 rings (SSSR count). The number of H-pyrrole nitrogens is 1. The Kier molecular flexibility index (Phi) is 35.0. The molecule has 1 unspecified atom stereocenters. The van der Waals surface area contributed by atoms with Crippen LogP contribution < -0.4 is 16.2 Å². The second-order valence-corrected chi connectivity index (χ2v) is 12.6. The van der Waals surface area contributed by atoms with Gasteiger partial charge in [0, 0.05) is 56.8 Å². The highest BCUT2D eigenvalue weighted by Gasteiger charge is 2.23. The van der Waals surface area contributed by atoms with E-state index >= 15 is 0 Å². The van der Waals surface area contributed by atoms with Gasteiger partial charge in [-0.2, -0.15) is 5.26 Å². The molecule has 1 atom stereocenters. The van der Waals surface area contributed by atoms with Crippen molar-refractivity contribution >= 4 is 24.5 Å². The summed E-state index contributed by atoms with van der Waals surface area (Å²) in [6.07, 6.45) is 2.35. The molecule has 0 bridgehead atoms. The number of nitrogens with one attached hydrogen (secondary N) is 3. The number of benzene rings is 1. The van der Waals surface area contributed by atoms with E-state index in [-0.39, 0.29) is 19.0 Å². The van der Waals surface area contributed by atoms with Gasteiger partial charge in [-0.1, -0.05) is 70.2 Å². The van der Waals surface area contributed by atoms with E-state index < -0.39 is 0 Å². The largest absolute Gasteiger partial charge is 0.380 e. The molecule has 0 spiro atoms. The number of pyridine rings is 2. The van der Waals surface area contributed by atoms with Crippen LogP contribution in [0, 0.1) is 17.6 Å². The highest BCUT2D eigenvalue weighted by atomic mass is 32.2. The Morgan fingerprint density at radius 1 is 0.825 bits per heavy atom. The van der Waals surface area contributed by atoms with Crippen molar-refractivity contribution in [1.29, 1.82) is 5.26 Å². The van der Waals surface area contributed by atoms with Gasteiger partial charge in [-0.15, -0.1) is 0 Å². The number of aryl methyl sites for hydroxylation is 1. The van der Waals surface area contributed by atoms with Gasteiger partial charge in [0.2, 0.25) is 12.0 Å². The first-order valence-electron chi connectivity index (χ1n) is 19.2. The molecule has 318 valence electrons. The number of hydrogen-bond acceptors (Lipinski definition) is 13. The molecule has 0 fully saturated rings. The Morgan fingerprint density at radius 3 is 2.05 bits per heavy atom. The first-order valence-corrected chi connectivity index (χ1v) is 20.2. The average Bonchev–Trinajstić information content (AvgIpc) is 3.22. The molecular formula is C42H66N6O8S. The molecule has 0 radical (unpaired) electrons. The second kappa shape index (κ2) is 37.6. The topological polar surface area (TPSA) is 177 Å². The summed E-state index contributed by atoms with van der Waals surface area (Å²) in [5, 5.41) is 15.9. The maximum atomic E-state index is 12.2. The number of carbonyl (C=O) groups excluding carboxylic acids is 2. The first-order chi connectivity index (χ1) is 27.5. The van der Waals surface area contributed by atoms with Crippen molar-refractivity contribution in [2.24, 2.45) is 0 Å². The fourth-order valence-electron chi connectivity index (χ4n) is 4.94. The van der Waals surface area contributed by atoms with Crippen LogP contribution in [0.3, 0.4) is 0 Å². The molecule has 0 aliphatic rings. The van der Waals surface area contributed by atoms with Crippen LogP contribution in [0.15, 0.2) is 65.5 Å². The third-order valence-electron chi connectivity index (χ3n) is 7.53. The molecule has 1 amide bonds. The predicted octanol–water partition coefficient (Wildman–Crippen LogP) is 5.17. The van der Waals surface area contributed by atoms with Crippen LogP contribution in [0.25, 0.3) is 0 Å². The number of amides is 1. The van der Waals surface area contributed by atoms with Crippen molar-refractivity contribution < 1.29 is 33.3 Å². The van der Waals surface area contributed by atoms with E-state index in [9.17, 15) is 14.4 Å². The summed E-state index contributed by atoms with van der Waals surface area (Å²) in [5.74, 6) is 0.684. The maximum Gasteiger partial charge on any atom is 0.248 e. The van der Waals surface area contributed by atoms with E-state index in [2.05, 4.69) is 63.6 Å². The van der Waals surface area contributed by atoms with Gasteiger partial charge >= 0.3 is 0 Å². The number of nitriles is 1. The van der Waals surface area contributed by atoms with Crippen LogP contribution in [0.5, 0.6) is 0 Å². The highest BCUT2D eigenvalue weighted by molar-refractivity contribution is 8.03. The lowest BCUT2D eigenvalue weighted by molar-refractivity contribution is -0.109. The number of hydrogen-bond donors (Lipinski definition) is 3. The van der Waals surface area contributed by atoms with Crippen molar-refractivity contribution in [2.75, 3.05) is 98.0 Å². The Labute approximate surface area is 344 Å². The van der Waals surface area contributed by atoms with Gasteiger partial charge in [0.15, 0.2) is 6.29 Å². The molecule has 3 N–H and O–H groups in total. The number of nitrogens with zero attached hydrogens (tertiary/aromatic N) is 3. The quantitative estimate of drug-likeness (QED) is 0.0457. The lowest BCUT2D eigenvalue weighted by atomic mass is 10.00. The number of rotatable bonds is 30. The fraction of sp³-hybridized carbons (Fsp3) is 0.548. The second-order valence-electron chi connectivity index (χ2n) is 11.7. The molecule has 0 aliphatic carbocycles. The maximum absolute atomic E-state index is 12.2. The van der Waals surface area contributed by atoms with Gasteiger partial charge in [0.25, 0.3) is 0 Å². The van der Waals surface area contributed by atoms with E-state index in [1.54, 1.807) is 12.1 Å². The fourth-order valence-corrected chi connectivity index (χ4v) is 5.24. The van der Waals surface area contributed by atoms with Crippen molar-refractivity contribution in [1.82, 2.24) is 25.5 Å². The zero-order valence-electron chi connectivity index (χ0n) is 33.5. The number of aldehydes is 1. The molecule has 0 aliphatic heterocycles. The predicted molar refractivity (Wildman–Crippen MR) is 228 cm³/mol. The SMILES string of the molecule is C.CC.CCCOCCN(CCOCCOCCNCc1cccc(C=O)n1)C(c1ccc(C)cc1)c1cccc(=O)[nH]1.N#CSCCOCCOCCNC=O. The number of aromatic amines is 1. The Hall–Kier alpha value is -3.98. The molecule has 2 aromatic heterocycles. The zero-order chi connectivity index (χ0) is 40.9. The van der Waals surface area contributed by atoms with E-state index in [1.165, 1.54) is 23.4 Å². The standard InChI is InChI=1S/C31H42N4O5.C8H14N2O3S.C2H6.CH4/c1-3-17-38-19-15-35(31(26-12-10-25(2)11-13-26)29-8-5-9-30(37)34-29)16-20-40-22-21-39-18-14-32-23-27-6-4-7-28(24-36)33-27;9-7-14-6-5-13-4-3-12-2-1-10-8-11;1-2;/h4-13,24,31-32H,3,14-23H2,1-2H3,(H,34,37);8H,1-6H2,(H,10,11);1-2H3;1H4. The molecule has 15 heteroatoms. The number of carbonyl (C=O) groups is 2. The van der Waals surface area contributed by atoms with Crippen molar-refractivity contribution in [3.63, 3.8) is 0 Å². The smallest absolute Gasteiger partial charge is 0.248 e. The summed E-state index contributed by atoms with van der Waals surface area (Å²) < 4.78 is 27.7. The summed E-state index contributed by atoms with van der Waals surface area (Å²) in [7, 11) is 0. The monoisotopic (exact) mass is 814 g/mol. The Morgan fingerprint density at radius 2 is 1.44 bits per heavy atom. The minimum Gasteiger partial charge on any atom is -0.380 e. The van der Waals surface area contributed by atoms with Gasteiger partial charge in [-0.25, -0.2) is 4.98 Å². The van der Waals surface area contributed by atoms with Crippen molar-refractivity contribution in [3.05, 3.63) is 99.2 Å². The van der Waals surface area contributed by atoms with Gasteiger partial charge < -0.3 is 39.3 Å². The molecule has 0 saturated heterocycles. The summed E-state index contributed by atoms with van der Waals surface area (Å²) in [6.45, 7) is 16.8. The number of thioether (sulfide) groups is 1. The van der Waals surface area contributed by atoms with Gasteiger partial charge in [-0.05, 0) is 48.9 Å². The number of ether oxygens (including phenoxy) is 5. The van der Waals surface area contributed by atoms with Crippen LogP contribution in [-0.4, -0.2) is 126 Å². The van der Waals surface area contributed by atoms with Crippen molar-refractivity contribution in [2.45, 2.75) is 54.1 Å². The van der Waals surface area contributed by atoms with Crippen LogP contribution in [0.1, 0.15) is 73.7 Å². The Balaban J connectivity index is 0.00000156. The molecule has 57 heavy (non-hydrogen) atoms. The summed E-state index contributed by atoms with van der Waals surface area (Å²) in [5.41, 5.74) is 4.26. The van der Waals surface area contributed by atoms with Gasteiger partial charge in [-0.3, -0.25) is 19.3 Å². The van der Waals surface area contributed by atoms with E-state index in [0.717, 1.165) is 36.3 Å². The van der Waals surface area contributed by atoms with Crippen molar-refractivity contribution in [3.8, 4) is 5.40 Å². The number of thiocyanates is 1. The zero-order valence-corrected chi connectivity index (χ0v) is 34.4. The van der Waals surface area contributed by atoms with Crippen LogP contribution in [0.4, 0.5) is 0 Å². The molecule has 3 aromatic rings. The summed E-state index contributed by atoms with van der Waals surface area (Å²) in [4.78, 5) is 42.4. The average molecular weight is 815 g/mol. The third-order valence-corrected chi connectivity index (χ3v) is 8.03. The summed E-state index contributed by atoms with van der Waals surface area (Å²) >= 11 is 1.17. The lowest BCUT2D eigenvalue weighted by Crippen LogP contribution is -2.36. The lowest BCUT2D eigenvalue weighted by Gasteiger charge is -2.32. The van der Waals surface area contributed by atoms with Crippen LogP contribution in [-0.2, 0) is 35.0 Å². The van der Waals surface area contributed by atoms with Gasteiger partial charge in [0.1, 0.15) is 11.1 Å². The van der Waals surface area contributed by atoms with E-state index in [0.29, 0.717) is 110 Å². The van der Waals surface area contributed by atoms with Crippen LogP contribution in [0.2, 0.25) is 0 Å². The summed E-state index contributed by atoms with van der Waals surface area (Å²) in [6, 6.07) is 19.0. The number of aromatic nitrogens is 2. The minimum absolute atomic E-state index is 0.